The second kappa shape index (κ2) is 9.97. The van der Waals surface area contributed by atoms with E-state index in [-0.39, 0.29) is 25.4 Å². The van der Waals surface area contributed by atoms with Crippen LogP contribution in [0.5, 0.6) is 0 Å². The Labute approximate surface area is 232 Å². The summed E-state index contributed by atoms with van der Waals surface area (Å²) >= 11 is 19.6. The molecular weight excluding hydrogens is 564 g/mol. The number of anilines is 3. The number of imidazole rings is 1. The Morgan fingerprint density at radius 2 is 1.95 bits per heavy atom. The highest BCUT2D eigenvalue weighted by Gasteiger charge is 2.45. The summed E-state index contributed by atoms with van der Waals surface area (Å²) in [6, 6.07) is 6.78. The molecule has 2 heterocycles. The van der Waals surface area contributed by atoms with Crippen molar-refractivity contribution < 1.29 is 18.0 Å². The number of aromatic nitrogens is 2. The molecule has 4 N–H and O–H groups in total. The Kier molecular flexibility index (Phi) is 7.13. The Morgan fingerprint density at radius 1 is 1.21 bits per heavy atom. The molecule has 0 spiro atoms. The number of hydrogen-bond donors (Lipinski definition) is 3. The molecule has 3 aromatic rings. The molecule has 1 saturated carbocycles. The summed E-state index contributed by atoms with van der Waals surface area (Å²) in [5.74, 6) is -1.21. The van der Waals surface area contributed by atoms with Crippen molar-refractivity contribution in [1.82, 2.24) is 14.9 Å². The van der Waals surface area contributed by atoms with E-state index in [9.17, 15) is 18.0 Å². The smallest absolute Gasteiger partial charge is 0.370 e. The number of fused-ring (bicyclic) bond motifs is 1. The summed E-state index contributed by atoms with van der Waals surface area (Å²) in [5, 5.41) is 6.96. The number of benzene rings is 2. The normalized spacial score (nSPS) is 19.1. The third kappa shape index (κ3) is 5.23. The molecule has 13 heteroatoms. The molecule has 2 fully saturated rings. The number of nitrogens with two attached hydrogens (primary N) is 1. The average Bonchev–Trinajstić information content (AvgIpc) is 3.55. The predicted molar refractivity (Wildman–Crippen MR) is 144 cm³/mol. The number of nitrogens with zero attached hydrogens (tertiary/aromatic N) is 3. The van der Waals surface area contributed by atoms with E-state index in [1.165, 1.54) is 0 Å². The van der Waals surface area contributed by atoms with E-state index in [0.29, 0.717) is 74.8 Å². The Balaban J connectivity index is 1.41. The molecule has 1 aliphatic heterocycles. The number of carbonyl (C=O) groups is 1. The van der Waals surface area contributed by atoms with Crippen LogP contribution < -0.4 is 21.3 Å². The van der Waals surface area contributed by atoms with Gasteiger partial charge in [-0.3, -0.25) is 4.79 Å². The van der Waals surface area contributed by atoms with E-state index >= 15 is 0 Å². The molecular formula is C25H26Cl3F3N6O. The molecule has 7 nitrogen and oxygen atoms in total. The summed E-state index contributed by atoms with van der Waals surface area (Å²) < 4.78 is 41.9. The topological polar surface area (TPSA) is 88.2 Å². The fourth-order valence-electron chi connectivity index (χ4n) is 4.69. The molecule has 0 bridgehead atoms. The van der Waals surface area contributed by atoms with E-state index in [2.05, 4.69) is 15.6 Å². The highest BCUT2D eigenvalue weighted by molar-refractivity contribution is 6.39. The number of alkyl halides is 3. The minimum Gasteiger partial charge on any atom is -0.370 e. The minimum absolute atomic E-state index is 0.108. The lowest BCUT2D eigenvalue weighted by molar-refractivity contribution is -0.176. The number of piperidine rings is 1. The summed E-state index contributed by atoms with van der Waals surface area (Å²) in [5.41, 5.74) is 7.96. The number of aryl methyl sites for hydroxylation is 1. The lowest BCUT2D eigenvalue weighted by Gasteiger charge is -2.35. The Bertz CT molecular complexity index is 1410. The standard InChI is InChI=1S/C25H26Cl3F3N6O/c1-36-19-10-18(37-8-2-3-14(12-37)25(29,30)31)16(27)9-17(19)34-23(36)35-21-15(26)5-4-13(20(21)28)11-33-22(38)24(32)6-7-24/h4-5,9-10,14H,2-3,6-8,11-12,32H2,1H3,(H,33,38)(H,34,35). The highest BCUT2D eigenvalue weighted by atomic mass is 35.5. The van der Waals surface area contributed by atoms with Gasteiger partial charge in [0, 0.05) is 26.7 Å². The molecule has 2 aliphatic rings. The Hall–Kier alpha value is -2.40. The Morgan fingerprint density at radius 3 is 2.63 bits per heavy atom. The van der Waals surface area contributed by atoms with Crippen LogP contribution in [0.1, 0.15) is 31.2 Å². The lowest BCUT2D eigenvalue weighted by Crippen LogP contribution is -2.42. The van der Waals surface area contributed by atoms with Gasteiger partial charge < -0.3 is 25.8 Å². The largest absolute Gasteiger partial charge is 0.393 e. The van der Waals surface area contributed by atoms with Crippen LogP contribution in [0.3, 0.4) is 0 Å². The first-order chi connectivity index (χ1) is 17.9. The zero-order valence-corrected chi connectivity index (χ0v) is 22.7. The van der Waals surface area contributed by atoms with Crippen LogP contribution in [-0.2, 0) is 18.4 Å². The van der Waals surface area contributed by atoms with Crippen LogP contribution in [0.4, 0.5) is 30.5 Å². The van der Waals surface area contributed by atoms with Crippen LogP contribution in [0.2, 0.25) is 15.1 Å². The molecule has 0 radical (unpaired) electrons. The summed E-state index contributed by atoms with van der Waals surface area (Å²) in [7, 11) is 1.77. The first-order valence-electron chi connectivity index (χ1n) is 12.2. The fraction of sp³-hybridized carbons (Fsp3) is 0.440. The zero-order valence-electron chi connectivity index (χ0n) is 20.4. The van der Waals surface area contributed by atoms with E-state index in [0.717, 1.165) is 0 Å². The number of carbonyl (C=O) groups excluding carboxylic acids is 1. The van der Waals surface area contributed by atoms with Gasteiger partial charge in [-0.2, -0.15) is 13.2 Å². The number of amides is 1. The van der Waals surface area contributed by atoms with Crippen molar-refractivity contribution in [3.8, 4) is 0 Å². The first kappa shape index (κ1) is 27.2. The van der Waals surface area contributed by atoms with E-state index in [1.54, 1.807) is 40.8 Å². The molecule has 38 heavy (non-hydrogen) atoms. The van der Waals surface area contributed by atoms with Crippen LogP contribution in [0.15, 0.2) is 24.3 Å². The van der Waals surface area contributed by atoms with Crippen LogP contribution in [0, 0.1) is 5.92 Å². The SMILES string of the molecule is Cn1c(Nc2c(Cl)ccc(CNC(=O)C3(N)CC3)c2Cl)nc2cc(Cl)c(N3CCCC(C(F)(F)F)C3)cc21. The minimum atomic E-state index is -4.25. The van der Waals surface area contributed by atoms with Gasteiger partial charge in [0.15, 0.2) is 0 Å². The number of halogens is 6. The van der Waals surface area contributed by atoms with Crippen molar-refractivity contribution in [1.29, 1.82) is 0 Å². The third-order valence-electron chi connectivity index (χ3n) is 7.26. The molecule has 1 atom stereocenters. The van der Waals surface area contributed by atoms with Gasteiger partial charge in [-0.25, -0.2) is 4.98 Å². The van der Waals surface area contributed by atoms with Gasteiger partial charge >= 0.3 is 6.18 Å². The van der Waals surface area contributed by atoms with Crippen LogP contribution in [-0.4, -0.2) is 40.3 Å². The number of hydrogen-bond acceptors (Lipinski definition) is 5. The molecule has 1 aliphatic carbocycles. The van der Waals surface area contributed by atoms with E-state index < -0.39 is 17.6 Å². The van der Waals surface area contributed by atoms with Gasteiger partial charge in [0.05, 0.1) is 48.9 Å². The molecule has 1 saturated heterocycles. The molecule has 1 aromatic heterocycles. The summed E-state index contributed by atoms with van der Waals surface area (Å²) in [6.45, 7) is 0.525. The van der Waals surface area contributed by atoms with Gasteiger partial charge in [-0.05, 0) is 49.4 Å². The molecule has 1 amide bonds. The fourth-order valence-corrected chi connectivity index (χ4v) is 5.50. The first-order valence-corrected chi connectivity index (χ1v) is 13.3. The maximum Gasteiger partial charge on any atom is 0.393 e. The maximum atomic E-state index is 13.4. The molecule has 5 rings (SSSR count). The van der Waals surface area contributed by atoms with E-state index in [1.807, 2.05) is 0 Å². The van der Waals surface area contributed by atoms with Crippen molar-refractivity contribution in [3.63, 3.8) is 0 Å². The molecule has 2 aromatic carbocycles. The van der Waals surface area contributed by atoms with Crippen molar-refractivity contribution in [2.45, 2.75) is 43.9 Å². The monoisotopic (exact) mass is 588 g/mol. The van der Waals surface area contributed by atoms with Crippen molar-refractivity contribution in [2.24, 2.45) is 18.7 Å². The number of nitrogens with one attached hydrogen (secondary N) is 2. The van der Waals surface area contributed by atoms with Crippen molar-refractivity contribution >= 4 is 69.1 Å². The van der Waals surface area contributed by atoms with Gasteiger partial charge in [0.1, 0.15) is 0 Å². The molecule has 204 valence electrons. The van der Waals surface area contributed by atoms with Crippen molar-refractivity contribution in [3.05, 3.63) is 44.9 Å². The quantitative estimate of drug-likeness (QED) is 0.320. The van der Waals surface area contributed by atoms with Crippen LogP contribution >= 0.6 is 34.8 Å². The molecule has 1 unspecified atom stereocenters. The zero-order chi connectivity index (χ0) is 27.4. The third-order valence-corrected chi connectivity index (χ3v) is 8.31. The second-order valence-electron chi connectivity index (χ2n) is 9.97. The highest BCUT2D eigenvalue weighted by Crippen LogP contribution is 2.40. The van der Waals surface area contributed by atoms with E-state index in [4.69, 9.17) is 40.5 Å². The summed E-state index contributed by atoms with van der Waals surface area (Å²) in [6.07, 6.45) is -2.41. The van der Waals surface area contributed by atoms with Gasteiger partial charge in [-0.1, -0.05) is 40.9 Å². The van der Waals surface area contributed by atoms with Gasteiger partial charge in [-0.15, -0.1) is 0 Å². The average molecular weight is 590 g/mol. The van der Waals surface area contributed by atoms with Crippen LogP contribution in [0.25, 0.3) is 11.0 Å². The second-order valence-corrected chi connectivity index (χ2v) is 11.2. The summed E-state index contributed by atoms with van der Waals surface area (Å²) in [4.78, 5) is 18.5. The maximum absolute atomic E-state index is 13.4. The van der Waals surface area contributed by atoms with Gasteiger partial charge in [0.25, 0.3) is 0 Å². The predicted octanol–water partition coefficient (Wildman–Crippen LogP) is 6.16. The van der Waals surface area contributed by atoms with Crippen molar-refractivity contribution in [2.75, 3.05) is 23.3 Å². The number of rotatable bonds is 6. The lowest BCUT2D eigenvalue weighted by atomic mass is 9.97. The van der Waals surface area contributed by atoms with Gasteiger partial charge in [0.2, 0.25) is 11.9 Å².